The molecule has 0 aromatic rings. The second-order valence-electron chi connectivity index (χ2n) is 5.81. The molecule has 6 heteroatoms. The Kier molecular flexibility index (Phi) is 3.57. The number of carbonyl (C=O) groups excluding carboxylic acids is 2. The van der Waals surface area contributed by atoms with Crippen LogP contribution in [-0.4, -0.2) is 66.3 Å². The van der Waals surface area contributed by atoms with Gasteiger partial charge in [0.25, 0.3) is 0 Å². The fourth-order valence-electron chi connectivity index (χ4n) is 3.54. The SMILES string of the molecule is CN1CCN(C(=O)C2C(C(=O)S)[C@@H]3CC[C@H]2O3)CC1. The number of amides is 1. The molecule has 0 radical (unpaired) electrons. The summed E-state index contributed by atoms with van der Waals surface area (Å²) < 4.78 is 5.76. The largest absolute Gasteiger partial charge is 0.373 e. The molecule has 5 nitrogen and oxygen atoms in total. The summed E-state index contributed by atoms with van der Waals surface area (Å²) in [6.45, 7) is 3.28. The molecule has 3 aliphatic heterocycles. The zero-order valence-electron chi connectivity index (χ0n) is 11.1. The van der Waals surface area contributed by atoms with Gasteiger partial charge in [-0.2, -0.15) is 0 Å². The number of thiol groups is 1. The van der Waals surface area contributed by atoms with Gasteiger partial charge in [-0.3, -0.25) is 9.59 Å². The van der Waals surface area contributed by atoms with Crippen molar-refractivity contribution in [2.24, 2.45) is 11.8 Å². The Labute approximate surface area is 118 Å². The van der Waals surface area contributed by atoms with Gasteiger partial charge in [0.05, 0.1) is 24.0 Å². The number of nitrogens with zero attached hydrogens (tertiary/aromatic N) is 2. The molecule has 0 saturated carbocycles. The molecule has 0 aromatic carbocycles. The van der Waals surface area contributed by atoms with Crippen LogP contribution in [0.1, 0.15) is 12.8 Å². The molecule has 3 fully saturated rings. The van der Waals surface area contributed by atoms with E-state index in [0.29, 0.717) is 0 Å². The van der Waals surface area contributed by atoms with Crippen molar-refractivity contribution >= 4 is 23.7 Å². The molecule has 0 spiro atoms. The van der Waals surface area contributed by atoms with Gasteiger partial charge in [-0.05, 0) is 19.9 Å². The van der Waals surface area contributed by atoms with Gasteiger partial charge in [0.2, 0.25) is 5.91 Å². The van der Waals surface area contributed by atoms with Crippen molar-refractivity contribution in [3.8, 4) is 0 Å². The van der Waals surface area contributed by atoms with Gasteiger partial charge < -0.3 is 14.5 Å². The van der Waals surface area contributed by atoms with Gasteiger partial charge in [-0.25, -0.2) is 0 Å². The molecular weight excluding hydrogens is 264 g/mol. The van der Waals surface area contributed by atoms with Crippen LogP contribution in [0.3, 0.4) is 0 Å². The van der Waals surface area contributed by atoms with Crippen molar-refractivity contribution in [3.05, 3.63) is 0 Å². The summed E-state index contributed by atoms with van der Waals surface area (Å²) in [6, 6.07) is 0. The fraction of sp³-hybridized carbons (Fsp3) is 0.846. The van der Waals surface area contributed by atoms with E-state index >= 15 is 0 Å². The monoisotopic (exact) mass is 284 g/mol. The van der Waals surface area contributed by atoms with E-state index in [9.17, 15) is 9.59 Å². The Bertz CT molecular complexity index is 395. The van der Waals surface area contributed by atoms with Crippen LogP contribution in [0, 0.1) is 11.8 Å². The number of rotatable bonds is 2. The van der Waals surface area contributed by atoms with E-state index in [-0.39, 0.29) is 35.1 Å². The van der Waals surface area contributed by atoms with Crippen LogP contribution in [0.25, 0.3) is 0 Å². The van der Waals surface area contributed by atoms with Gasteiger partial charge in [-0.1, -0.05) is 0 Å². The first-order chi connectivity index (χ1) is 9.08. The van der Waals surface area contributed by atoms with Crippen molar-refractivity contribution < 1.29 is 14.3 Å². The molecule has 3 saturated heterocycles. The average Bonchev–Trinajstić information content (AvgIpc) is 2.98. The third-order valence-electron chi connectivity index (χ3n) is 4.66. The summed E-state index contributed by atoms with van der Waals surface area (Å²) in [5.74, 6) is -0.547. The number of piperazine rings is 1. The molecule has 106 valence electrons. The zero-order chi connectivity index (χ0) is 13.6. The van der Waals surface area contributed by atoms with E-state index in [0.717, 1.165) is 39.0 Å². The van der Waals surface area contributed by atoms with Crippen LogP contribution < -0.4 is 0 Å². The first-order valence-corrected chi connectivity index (χ1v) is 7.38. The normalized spacial score (nSPS) is 38.7. The van der Waals surface area contributed by atoms with Gasteiger partial charge in [-0.15, -0.1) is 12.6 Å². The summed E-state index contributed by atoms with van der Waals surface area (Å²) in [4.78, 5) is 28.4. The van der Waals surface area contributed by atoms with Gasteiger partial charge in [0.15, 0.2) is 5.12 Å². The highest BCUT2D eigenvalue weighted by Gasteiger charge is 2.55. The van der Waals surface area contributed by atoms with Gasteiger partial charge >= 0.3 is 0 Å². The standard InChI is InChI=1S/C13H20N2O3S/c1-14-4-6-15(7-5-14)12(16)10-8-2-3-9(18-8)11(10)13(17)19/h8-11H,2-7H2,1H3,(H,17,19)/t8-,9+,10?,11?/m1/s1. The molecule has 2 bridgehead atoms. The first kappa shape index (κ1) is 13.4. The Hall–Kier alpha value is -0.590. The molecule has 1 amide bonds. The van der Waals surface area contributed by atoms with Crippen LogP contribution in [0.5, 0.6) is 0 Å². The predicted molar refractivity (Wildman–Crippen MR) is 72.9 cm³/mol. The Balaban J connectivity index is 1.73. The maximum Gasteiger partial charge on any atom is 0.229 e. The van der Waals surface area contributed by atoms with E-state index in [1.165, 1.54) is 0 Å². The van der Waals surface area contributed by atoms with Crippen LogP contribution >= 0.6 is 12.6 Å². The minimum absolute atomic E-state index is 0.0711. The highest BCUT2D eigenvalue weighted by molar-refractivity contribution is 7.96. The number of carbonyl (C=O) groups is 2. The lowest BCUT2D eigenvalue weighted by atomic mass is 9.79. The minimum atomic E-state index is -0.339. The second kappa shape index (κ2) is 5.07. The maximum absolute atomic E-state index is 12.7. The minimum Gasteiger partial charge on any atom is -0.373 e. The van der Waals surface area contributed by atoms with Crippen LogP contribution in [-0.2, 0) is 14.3 Å². The first-order valence-electron chi connectivity index (χ1n) is 6.93. The van der Waals surface area contributed by atoms with E-state index in [1.54, 1.807) is 0 Å². The highest BCUT2D eigenvalue weighted by Crippen LogP contribution is 2.45. The molecule has 0 aromatic heterocycles. The third-order valence-corrected chi connectivity index (χ3v) is 4.96. The molecule has 2 unspecified atom stereocenters. The van der Waals surface area contributed by atoms with Crippen molar-refractivity contribution in [1.29, 1.82) is 0 Å². The molecule has 3 heterocycles. The summed E-state index contributed by atoms with van der Waals surface area (Å²) in [7, 11) is 2.06. The van der Waals surface area contributed by atoms with E-state index in [1.807, 2.05) is 4.90 Å². The number of ether oxygens (including phenoxy) is 1. The van der Waals surface area contributed by atoms with E-state index in [4.69, 9.17) is 4.74 Å². The Morgan fingerprint density at radius 3 is 2.21 bits per heavy atom. The topological polar surface area (TPSA) is 49.9 Å². The van der Waals surface area contributed by atoms with Gasteiger partial charge in [0.1, 0.15) is 0 Å². The van der Waals surface area contributed by atoms with Crippen LogP contribution in [0.2, 0.25) is 0 Å². The number of hydrogen-bond acceptors (Lipinski definition) is 4. The maximum atomic E-state index is 12.7. The number of hydrogen-bond donors (Lipinski definition) is 1. The lowest BCUT2D eigenvalue weighted by Crippen LogP contribution is -2.52. The van der Waals surface area contributed by atoms with Crippen molar-refractivity contribution in [2.75, 3.05) is 33.2 Å². The number of fused-ring (bicyclic) bond motifs is 2. The summed E-state index contributed by atoms with van der Waals surface area (Å²) in [5.41, 5.74) is 0. The molecule has 4 atom stereocenters. The van der Waals surface area contributed by atoms with Gasteiger partial charge in [0, 0.05) is 26.2 Å². The van der Waals surface area contributed by atoms with Crippen molar-refractivity contribution in [3.63, 3.8) is 0 Å². The second-order valence-corrected chi connectivity index (χ2v) is 6.25. The molecule has 0 aliphatic carbocycles. The quantitative estimate of drug-likeness (QED) is 0.726. The number of likely N-dealkylation sites (N-methyl/N-ethyl adjacent to an activating group) is 1. The average molecular weight is 284 g/mol. The lowest BCUT2D eigenvalue weighted by molar-refractivity contribution is -0.141. The molecule has 3 aliphatic rings. The molecule has 3 rings (SSSR count). The van der Waals surface area contributed by atoms with Crippen LogP contribution in [0.4, 0.5) is 0 Å². The lowest BCUT2D eigenvalue weighted by Gasteiger charge is -2.36. The summed E-state index contributed by atoms with van der Waals surface area (Å²) in [5, 5.41) is -0.195. The third kappa shape index (κ3) is 2.30. The summed E-state index contributed by atoms with van der Waals surface area (Å²) >= 11 is 3.96. The van der Waals surface area contributed by atoms with Crippen LogP contribution in [0.15, 0.2) is 0 Å². The van der Waals surface area contributed by atoms with Crippen molar-refractivity contribution in [2.45, 2.75) is 25.0 Å². The smallest absolute Gasteiger partial charge is 0.229 e. The molecule has 19 heavy (non-hydrogen) atoms. The highest BCUT2D eigenvalue weighted by atomic mass is 32.1. The van der Waals surface area contributed by atoms with Crippen molar-refractivity contribution in [1.82, 2.24) is 9.80 Å². The van der Waals surface area contributed by atoms with E-state index < -0.39 is 0 Å². The Morgan fingerprint density at radius 1 is 1.05 bits per heavy atom. The predicted octanol–water partition coefficient (Wildman–Crippen LogP) is 0.0104. The fourth-order valence-corrected chi connectivity index (χ4v) is 3.87. The summed E-state index contributed by atoms with van der Waals surface area (Å²) in [6.07, 6.45) is 1.62. The van der Waals surface area contributed by atoms with E-state index in [2.05, 4.69) is 24.6 Å². The zero-order valence-corrected chi connectivity index (χ0v) is 12.0. The Morgan fingerprint density at radius 2 is 1.63 bits per heavy atom. The molecular formula is C13H20N2O3S. The molecule has 0 N–H and O–H groups in total.